The third-order valence-corrected chi connectivity index (χ3v) is 4.42. The lowest BCUT2D eigenvalue weighted by atomic mass is 10.2. The van der Waals surface area contributed by atoms with Gasteiger partial charge in [0, 0.05) is 33.3 Å². The SMILES string of the molecule is CCc1nc(S(=O)(=O)Cl)cn1Cc1ccc(Br)cc1F. The molecule has 0 N–H and O–H groups in total. The van der Waals surface area contributed by atoms with Crippen molar-refractivity contribution in [1.82, 2.24) is 9.55 Å². The van der Waals surface area contributed by atoms with Gasteiger partial charge in [-0.3, -0.25) is 0 Å². The van der Waals surface area contributed by atoms with Crippen LogP contribution in [-0.4, -0.2) is 18.0 Å². The second kappa shape index (κ2) is 5.83. The van der Waals surface area contributed by atoms with E-state index in [1.165, 1.54) is 12.3 Å². The van der Waals surface area contributed by atoms with Crippen LogP contribution in [0.4, 0.5) is 4.39 Å². The Morgan fingerprint density at radius 1 is 1.45 bits per heavy atom. The number of rotatable bonds is 4. The standard InChI is InChI=1S/C12H11BrClFN2O2S/c1-2-11-16-12(20(14,18)19)7-17(11)6-8-3-4-9(13)5-10(8)15/h3-5,7H,2,6H2,1H3. The smallest absolute Gasteiger partial charge is 0.280 e. The highest BCUT2D eigenvalue weighted by Gasteiger charge is 2.17. The highest BCUT2D eigenvalue weighted by Crippen LogP contribution is 2.19. The minimum atomic E-state index is -3.88. The Labute approximate surface area is 129 Å². The number of hydrogen-bond acceptors (Lipinski definition) is 3. The van der Waals surface area contributed by atoms with Crippen molar-refractivity contribution >= 4 is 35.7 Å². The van der Waals surface area contributed by atoms with Crippen LogP contribution in [-0.2, 0) is 22.0 Å². The molecule has 1 aromatic heterocycles. The zero-order valence-corrected chi connectivity index (χ0v) is 13.6. The van der Waals surface area contributed by atoms with Gasteiger partial charge in [-0.25, -0.2) is 17.8 Å². The van der Waals surface area contributed by atoms with Crippen LogP contribution in [0.2, 0.25) is 0 Å². The van der Waals surface area contributed by atoms with E-state index in [1.807, 2.05) is 6.92 Å². The number of aryl methyl sites for hydroxylation is 1. The summed E-state index contributed by atoms with van der Waals surface area (Å²) in [6.07, 6.45) is 1.84. The molecule has 108 valence electrons. The van der Waals surface area contributed by atoms with E-state index in [-0.39, 0.29) is 17.4 Å². The maximum atomic E-state index is 13.8. The van der Waals surface area contributed by atoms with Crippen LogP contribution in [0.15, 0.2) is 33.9 Å². The molecule has 0 aliphatic rings. The van der Waals surface area contributed by atoms with Gasteiger partial charge in [-0.05, 0) is 12.1 Å². The van der Waals surface area contributed by atoms with Crippen molar-refractivity contribution in [2.75, 3.05) is 0 Å². The van der Waals surface area contributed by atoms with Crippen LogP contribution in [0.3, 0.4) is 0 Å². The van der Waals surface area contributed by atoms with Crippen molar-refractivity contribution in [2.45, 2.75) is 24.9 Å². The summed E-state index contributed by atoms with van der Waals surface area (Å²) in [5.41, 5.74) is 0.443. The van der Waals surface area contributed by atoms with Gasteiger partial charge >= 0.3 is 0 Å². The molecular weight excluding hydrogens is 371 g/mol. The van der Waals surface area contributed by atoms with Crippen LogP contribution in [0.5, 0.6) is 0 Å². The molecule has 0 saturated heterocycles. The Kier molecular flexibility index (Phi) is 4.51. The highest BCUT2D eigenvalue weighted by atomic mass is 79.9. The minimum Gasteiger partial charge on any atom is -0.329 e. The number of aromatic nitrogens is 2. The van der Waals surface area contributed by atoms with Crippen LogP contribution in [0.1, 0.15) is 18.3 Å². The van der Waals surface area contributed by atoms with Crippen LogP contribution < -0.4 is 0 Å². The van der Waals surface area contributed by atoms with E-state index in [4.69, 9.17) is 10.7 Å². The Morgan fingerprint density at radius 2 is 2.15 bits per heavy atom. The third-order valence-electron chi connectivity index (χ3n) is 2.76. The topological polar surface area (TPSA) is 52.0 Å². The van der Waals surface area contributed by atoms with Gasteiger partial charge in [0.05, 0.1) is 6.54 Å². The van der Waals surface area contributed by atoms with Gasteiger partial charge in [0.2, 0.25) is 0 Å². The number of hydrogen-bond donors (Lipinski definition) is 0. The average Bonchev–Trinajstić information content (AvgIpc) is 2.75. The fraction of sp³-hybridized carbons (Fsp3) is 0.250. The predicted octanol–water partition coefficient (Wildman–Crippen LogP) is 3.32. The maximum Gasteiger partial charge on any atom is 0.280 e. The molecule has 4 nitrogen and oxygen atoms in total. The van der Waals surface area contributed by atoms with Crippen molar-refractivity contribution in [3.8, 4) is 0 Å². The molecule has 0 bridgehead atoms. The number of benzene rings is 1. The molecular formula is C12H11BrClFN2O2S. The van der Waals surface area contributed by atoms with E-state index >= 15 is 0 Å². The largest absolute Gasteiger partial charge is 0.329 e. The zero-order chi connectivity index (χ0) is 14.9. The Balaban J connectivity index is 2.40. The van der Waals surface area contributed by atoms with Gasteiger partial charge in [-0.15, -0.1) is 0 Å². The normalized spacial score (nSPS) is 11.8. The van der Waals surface area contributed by atoms with E-state index in [2.05, 4.69) is 20.9 Å². The molecule has 2 rings (SSSR count). The van der Waals surface area contributed by atoms with E-state index in [0.717, 1.165) is 0 Å². The van der Waals surface area contributed by atoms with Gasteiger partial charge in [-0.2, -0.15) is 0 Å². The quantitative estimate of drug-likeness (QED) is 0.763. The molecule has 0 saturated carbocycles. The first-order valence-corrected chi connectivity index (χ1v) is 8.86. The summed E-state index contributed by atoms with van der Waals surface area (Å²) in [7, 11) is 1.39. The van der Waals surface area contributed by atoms with E-state index in [9.17, 15) is 12.8 Å². The molecule has 0 aliphatic carbocycles. The van der Waals surface area contributed by atoms with Crippen molar-refractivity contribution in [2.24, 2.45) is 0 Å². The van der Waals surface area contributed by atoms with Gasteiger partial charge in [0.1, 0.15) is 11.6 Å². The number of nitrogens with zero attached hydrogens (tertiary/aromatic N) is 2. The summed E-state index contributed by atoms with van der Waals surface area (Å²) in [6, 6.07) is 4.71. The van der Waals surface area contributed by atoms with E-state index < -0.39 is 9.05 Å². The van der Waals surface area contributed by atoms with Crippen molar-refractivity contribution < 1.29 is 12.8 Å². The Hall–Kier alpha value is -0.920. The van der Waals surface area contributed by atoms with Gasteiger partial charge < -0.3 is 4.57 Å². The molecule has 2 aromatic rings. The van der Waals surface area contributed by atoms with Crippen LogP contribution >= 0.6 is 26.6 Å². The first-order chi connectivity index (χ1) is 9.31. The second-order valence-corrected chi connectivity index (χ2v) is 7.58. The maximum absolute atomic E-state index is 13.8. The molecule has 1 heterocycles. The molecule has 8 heteroatoms. The molecule has 0 radical (unpaired) electrons. The number of imidazole rings is 1. The minimum absolute atomic E-state index is 0.196. The monoisotopic (exact) mass is 380 g/mol. The lowest BCUT2D eigenvalue weighted by Crippen LogP contribution is -2.05. The van der Waals surface area contributed by atoms with Crippen LogP contribution in [0.25, 0.3) is 0 Å². The van der Waals surface area contributed by atoms with E-state index in [1.54, 1.807) is 16.7 Å². The summed E-state index contributed by atoms with van der Waals surface area (Å²) in [5, 5.41) is -0.214. The fourth-order valence-corrected chi connectivity index (χ4v) is 2.82. The highest BCUT2D eigenvalue weighted by molar-refractivity contribution is 9.10. The van der Waals surface area contributed by atoms with Crippen molar-refractivity contribution in [1.29, 1.82) is 0 Å². The summed E-state index contributed by atoms with van der Waals surface area (Å²) in [6.45, 7) is 2.03. The van der Waals surface area contributed by atoms with Crippen molar-refractivity contribution in [3.05, 3.63) is 46.1 Å². The van der Waals surface area contributed by atoms with Gasteiger partial charge in [-0.1, -0.05) is 28.9 Å². The van der Waals surface area contributed by atoms with Crippen LogP contribution in [0, 0.1) is 5.82 Å². The lowest BCUT2D eigenvalue weighted by Gasteiger charge is -2.07. The van der Waals surface area contributed by atoms with E-state index in [0.29, 0.717) is 22.3 Å². The van der Waals surface area contributed by atoms with Gasteiger partial charge in [0.15, 0.2) is 5.03 Å². The zero-order valence-electron chi connectivity index (χ0n) is 10.5. The third kappa shape index (κ3) is 3.39. The summed E-state index contributed by atoms with van der Waals surface area (Å²) < 4.78 is 38.6. The fourth-order valence-electron chi connectivity index (χ4n) is 1.80. The molecule has 0 spiro atoms. The number of halogens is 3. The lowest BCUT2D eigenvalue weighted by molar-refractivity contribution is 0.594. The molecule has 0 atom stereocenters. The van der Waals surface area contributed by atoms with Crippen molar-refractivity contribution in [3.63, 3.8) is 0 Å². The Morgan fingerprint density at radius 3 is 2.70 bits per heavy atom. The summed E-state index contributed by atoms with van der Waals surface area (Å²) >= 11 is 3.18. The molecule has 0 fully saturated rings. The van der Waals surface area contributed by atoms with Gasteiger partial charge in [0.25, 0.3) is 9.05 Å². The first-order valence-electron chi connectivity index (χ1n) is 5.76. The average molecular weight is 382 g/mol. The Bertz CT molecular complexity index is 746. The molecule has 1 aromatic carbocycles. The molecule has 20 heavy (non-hydrogen) atoms. The predicted molar refractivity (Wildman–Crippen MR) is 77.8 cm³/mol. The molecule has 0 amide bonds. The molecule has 0 unspecified atom stereocenters. The second-order valence-electron chi connectivity index (χ2n) is 4.15. The first kappa shape index (κ1) is 15.5. The summed E-state index contributed by atoms with van der Waals surface area (Å²) in [5.74, 6) is 0.164. The summed E-state index contributed by atoms with van der Waals surface area (Å²) in [4.78, 5) is 3.95. The molecule has 0 aliphatic heterocycles.